The van der Waals surface area contributed by atoms with Gasteiger partial charge in [0.15, 0.2) is 0 Å². The largest absolute Gasteiger partial charge is 0.383 e. The number of carbonyl (C=O) groups is 2. The molecule has 0 fully saturated rings. The molecule has 0 aliphatic heterocycles. The number of hydrogen-bond donors (Lipinski definition) is 2. The van der Waals surface area contributed by atoms with Crippen LogP contribution >= 0.6 is 0 Å². The number of hydrogen-bond acceptors (Lipinski definition) is 4. The molecule has 0 aliphatic carbocycles. The first-order chi connectivity index (χ1) is 12.0. The van der Waals surface area contributed by atoms with Crippen LogP contribution in [0.25, 0.3) is 0 Å². The summed E-state index contributed by atoms with van der Waals surface area (Å²) in [4.78, 5) is 35.5. The van der Waals surface area contributed by atoms with Gasteiger partial charge in [-0.25, -0.2) is 0 Å². The quantitative estimate of drug-likeness (QED) is 0.753. The minimum atomic E-state index is -0.359. The number of pyridine rings is 1. The maximum Gasteiger partial charge on any atom is 0.255 e. The molecule has 0 radical (unpaired) electrons. The zero-order chi connectivity index (χ0) is 18.2. The van der Waals surface area contributed by atoms with Crippen molar-refractivity contribution >= 4 is 23.2 Å². The highest BCUT2D eigenvalue weighted by molar-refractivity contribution is 6.05. The summed E-state index contributed by atoms with van der Waals surface area (Å²) in [6, 6.07) is 9.42. The summed E-state index contributed by atoms with van der Waals surface area (Å²) >= 11 is 0. The molecule has 0 spiro atoms. The first kappa shape index (κ1) is 18.2. The summed E-state index contributed by atoms with van der Waals surface area (Å²) < 4.78 is 6.41. The monoisotopic (exact) mass is 341 g/mol. The Kier molecular flexibility index (Phi) is 6.25. The van der Waals surface area contributed by atoms with Gasteiger partial charge in [0.2, 0.25) is 5.91 Å². The minimum Gasteiger partial charge on any atom is -0.383 e. The summed E-state index contributed by atoms with van der Waals surface area (Å²) in [6.45, 7) is 4.16. The van der Waals surface area contributed by atoms with E-state index in [1.165, 1.54) is 16.7 Å². The number of aromatic nitrogens is 1. The van der Waals surface area contributed by atoms with Crippen LogP contribution in [0, 0.1) is 0 Å². The Balaban J connectivity index is 2.14. The number of methoxy groups -OCH3 is 1. The van der Waals surface area contributed by atoms with Crippen molar-refractivity contribution in [3.05, 3.63) is 71.2 Å². The molecule has 2 N–H and O–H groups in total. The maximum atomic E-state index is 12.4. The van der Waals surface area contributed by atoms with Gasteiger partial charge in [-0.1, -0.05) is 12.6 Å². The van der Waals surface area contributed by atoms with E-state index in [1.54, 1.807) is 37.6 Å². The summed E-state index contributed by atoms with van der Waals surface area (Å²) in [5.74, 6) is -0.713. The molecule has 7 nitrogen and oxygen atoms in total. The zero-order valence-corrected chi connectivity index (χ0v) is 13.8. The fraction of sp³-hybridized carbons (Fsp3) is 0.167. The lowest BCUT2D eigenvalue weighted by Gasteiger charge is -2.10. The third kappa shape index (κ3) is 5.15. The van der Waals surface area contributed by atoms with E-state index in [4.69, 9.17) is 4.74 Å². The fourth-order valence-corrected chi connectivity index (χ4v) is 2.10. The van der Waals surface area contributed by atoms with Crippen LogP contribution in [0.2, 0.25) is 0 Å². The molecule has 0 bridgehead atoms. The van der Waals surface area contributed by atoms with Crippen molar-refractivity contribution in [2.24, 2.45) is 0 Å². The average molecular weight is 341 g/mol. The Bertz CT molecular complexity index is 842. The van der Waals surface area contributed by atoms with Gasteiger partial charge in [-0.05, 0) is 30.3 Å². The summed E-state index contributed by atoms with van der Waals surface area (Å²) in [5.41, 5.74) is 1.17. The molecule has 2 amide bonds. The number of carbonyl (C=O) groups excluding carboxylic acids is 2. The molecule has 2 aromatic rings. The topological polar surface area (TPSA) is 89.4 Å². The van der Waals surface area contributed by atoms with Gasteiger partial charge in [0.05, 0.1) is 12.3 Å². The van der Waals surface area contributed by atoms with Crippen LogP contribution in [-0.4, -0.2) is 30.1 Å². The number of anilines is 2. The number of rotatable bonds is 7. The van der Waals surface area contributed by atoms with E-state index in [0.717, 1.165) is 6.08 Å². The predicted molar refractivity (Wildman–Crippen MR) is 95.8 cm³/mol. The maximum absolute atomic E-state index is 12.4. The molecule has 25 heavy (non-hydrogen) atoms. The van der Waals surface area contributed by atoms with Crippen molar-refractivity contribution in [2.75, 3.05) is 24.4 Å². The highest BCUT2D eigenvalue weighted by Crippen LogP contribution is 2.13. The molecule has 0 atom stereocenters. The molecule has 1 aromatic heterocycles. The molecule has 0 aliphatic rings. The highest BCUT2D eigenvalue weighted by atomic mass is 16.5. The molecule has 130 valence electrons. The second kappa shape index (κ2) is 8.60. The molecule has 7 heteroatoms. The van der Waals surface area contributed by atoms with Crippen LogP contribution in [0.4, 0.5) is 11.4 Å². The normalized spacial score (nSPS) is 10.1. The number of nitrogens with one attached hydrogen (secondary N) is 2. The van der Waals surface area contributed by atoms with Gasteiger partial charge in [0, 0.05) is 37.2 Å². The van der Waals surface area contributed by atoms with Gasteiger partial charge in [0.25, 0.3) is 11.5 Å². The third-order valence-electron chi connectivity index (χ3n) is 3.36. The van der Waals surface area contributed by atoms with Gasteiger partial charge in [-0.15, -0.1) is 0 Å². The second-order valence-electron chi connectivity index (χ2n) is 5.17. The van der Waals surface area contributed by atoms with Crippen LogP contribution in [0.1, 0.15) is 10.4 Å². The van der Waals surface area contributed by atoms with Crippen molar-refractivity contribution in [1.29, 1.82) is 0 Å². The lowest BCUT2D eigenvalue weighted by molar-refractivity contribution is -0.111. The Labute approximate surface area is 144 Å². The van der Waals surface area contributed by atoms with Crippen molar-refractivity contribution in [2.45, 2.75) is 6.54 Å². The molecule has 0 saturated heterocycles. The summed E-state index contributed by atoms with van der Waals surface area (Å²) in [5, 5.41) is 5.32. The van der Waals surface area contributed by atoms with E-state index in [1.807, 2.05) is 0 Å². The lowest BCUT2D eigenvalue weighted by atomic mass is 10.2. The van der Waals surface area contributed by atoms with Gasteiger partial charge in [-0.3, -0.25) is 14.4 Å². The van der Waals surface area contributed by atoms with E-state index < -0.39 is 0 Å². The molecule has 0 saturated carbocycles. The van der Waals surface area contributed by atoms with Gasteiger partial charge < -0.3 is 19.9 Å². The van der Waals surface area contributed by atoms with Crippen LogP contribution in [0.5, 0.6) is 0 Å². The molecule has 1 aromatic carbocycles. The minimum absolute atomic E-state index is 0.177. The summed E-state index contributed by atoms with van der Waals surface area (Å²) in [6.07, 6.45) is 2.71. The first-order valence-corrected chi connectivity index (χ1v) is 7.57. The Morgan fingerprint density at radius 1 is 1.20 bits per heavy atom. The molecular formula is C18H19N3O4. The fourth-order valence-electron chi connectivity index (χ4n) is 2.10. The van der Waals surface area contributed by atoms with E-state index >= 15 is 0 Å². The van der Waals surface area contributed by atoms with Crippen LogP contribution in [-0.2, 0) is 16.1 Å². The third-order valence-corrected chi connectivity index (χ3v) is 3.36. The van der Waals surface area contributed by atoms with Gasteiger partial charge in [-0.2, -0.15) is 0 Å². The number of ether oxygens (including phenoxy) is 1. The van der Waals surface area contributed by atoms with Crippen LogP contribution in [0.3, 0.4) is 0 Å². The van der Waals surface area contributed by atoms with E-state index in [9.17, 15) is 14.4 Å². The molecule has 2 rings (SSSR count). The summed E-state index contributed by atoms with van der Waals surface area (Å²) in [7, 11) is 1.55. The van der Waals surface area contributed by atoms with Crippen molar-refractivity contribution < 1.29 is 14.3 Å². The second-order valence-corrected chi connectivity index (χ2v) is 5.17. The van der Waals surface area contributed by atoms with E-state index in [0.29, 0.717) is 30.1 Å². The Morgan fingerprint density at radius 3 is 2.72 bits per heavy atom. The van der Waals surface area contributed by atoms with Gasteiger partial charge in [0.1, 0.15) is 0 Å². The molecule has 0 unspecified atom stereocenters. The van der Waals surface area contributed by atoms with E-state index in [2.05, 4.69) is 17.2 Å². The highest BCUT2D eigenvalue weighted by Gasteiger charge is 2.08. The zero-order valence-electron chi connectivity index (χ0n) is 13.8. The average Bonchev–Trinajstić information content (AvgIpc) is 2.62. The molecule has 1 heterocycles. The number of nitrogens with zero attached hydrogens (tertiary/aromatic N) is 1. The Hall–Kier alpha value is -3.19. The van der Waals surface area contributed by atoms with Crippen molar-refractivity contribution in [3.63, 3.8) is 0 Å². The number of benzene rings is 1. The van der Waals surface area contributed by atoms with Crippen molar-refractivity contribution in [3.8, 4) is 0 Å². The van der Waals surface area contributed by atoms with Crippen LogP contribution < -0.4 is 16.2 Å². The SMILES string of the molecule is C=CC(=O)Nc1cccc(C(=O)Nc2ccc(=O)n(CCOC)c2)c1. The van der Waals surface area contributed by atoms with Crippen LogP contribution in [0.15, 0.2) is 60.0 Å². The van der Waals surface area contributed by atoms with Crippen molar-refractivity contribution in [1.82, 2.24) is 4.57 Å². The number of amides is 2. The van der Waals surface area contributed by atoms with Gasteiger partial charge >= 0.3 is 0 Å². The van der Waals surface area contributed by atoms with E-state index in [-0.39, 0.29) is 17.4 Å². The predicted octanol–water partition coefficient (Wildman–Crippen LogP) is 1.87. The first-order valence-electron chi connectivity index (χ1n) is 7.57. The standard InChI is InChI=1S/C18H19N3O4/c1-3-16(22)19-14-6-4-5-13(11-14)18(24)20-15-7-8-17(23)21(12-15)9-10-25-2/h3-8,11-12H,1,9-10H2,2H3,(H,19,22)(H,20,24). The smallest absolute Gasteiger partial charge is 0.255 e. The Morgan fingerprint density at radius 2 is 2.00 bits per heavy atom. The molecular weight excluding hydrogens is 322 g/mol. The lowest BCUT2D eigenvalue weighted by Crippen LogP contribution is -2.22.